The summed E-state index contributed by atoms with van der Waals surface area (Å²) in [5, 5.41) is 3.14. The van der Waals surface area contributed by atoms with Gasteiger partial charge < -0.3 is 10.1 Å². The molecule has 1 spiro atoms. The van der Waals surface area contributed by atoms with Crippen LogP contribution in [0.25, 0.3) is 0 Å². The van der Waals surface area contributed by atoms with Gasteiger partial charge in [0.15, 0.2) is 5.78 Å². The van der Waals surface area contributed by atoms with Crippen LogP contribution in [0.3, 0.4) is 0 Å². The molecular formula is C22H23ClN2O5S. The normalized spacial score (nSPS) is 18.4. The van der Waals surface area contributed by atoms with Gasteiger partial charge in [0.2, 0.25) is 15.9 Å². The molecule has 0 saturated carbocycles. The summed E-state index contributed by atoms with van der Waals surface area (Å²) in [5.74, 6) is 0.258. The van der Waals surface area contributed by atoms with Crippen molar-refractivity contribution < 1.29 is 22.7 Å². The fourth-order valence-corrected chi connectivity index (χ4v) is 5.70. The summed E-state index contributed by atoms with van der Waals surface area (Å²) in [6, 6.07) is 9.50. The zero-order valence-electron chi connectivity index (χ0n) is 17.3. The highest BCUT2D eigenvalue weighted by atomic mass is 35.5. The molecule has 2 aromatic carbocycles. The van der Waals surface area contributed by atoms with Gasteiger partial charge >= 0.3 is 0 Å². The number of nitrogens with one attached hydrogen (secondary N) is 1. The number of halogens is 1. The third kappa shape index (κ3) is 4.20. The number of sulfonamides is 1. The number of hydrogen-bond acceptors (Lipinski definition) is 5. The van der Waals surface area contributed by atoms with E-state index in [0.29, 0.717) is 34.9 Å². The van der Waals surface area contributed by atoms with Gasteiger partial charge in [-0.2, -0.15) is 4.31 Å². The quantitative estimate of drug-likeness (QED) is 0.749. The van der Waals surface area contributed by atoms with Crippen LogP contribution in [0, 0.1) is 6.92 Å². The van der Waals surface area contributed by atoms with Crippen LogP contribution in [0.5, 0.6) is 5.75 Å². The lowest BCUT2D eigenvalue weighted by Gasteiger charge is -2.43. The number of aryl methyl sites for hydroxylation is 1. The summed E-state index contributed by atoms with van der Waals surface area (Å²) in [4.78, 5) is 24.0. The van der Waals surface area contributed by atoms with E-state index >= 15 is 0 Å². The van der Waals surface area contributed by atoms with Crippen LogP contribution in [0.15, 0.2) is 41.3 Å². The number of amides is 1. The Kier molecular flexibility index (Phi) is 5.57. The highest BCUT2D eigenvalue weighted by Gasteiger charge is 2.45. The Morgan fingerprint density at radius 3 is 2.42 bits per heavy atom. The van der Waals surface area contributed by atoms with Gasteiger partial charge in [-0.15, -0.1) is 0 Å². The molecule has 2 aliphatic heterocycles. The van der Waals surface area contributed by atoms with Crippen molar-refractivity contribution in [3.8, 4) is 5.75 Å². The van der Waals surface area contributed by atoms with E-state index in [0.717, 1.165) is 5.56 Å². The van der Waals surface area contributed by atoms with Crippen LogP contribution >= 0.6 is 11.6 Å². The van der Waals surface area contributed by atoms with Crippen LogP contribution < -0.4 is 10.1 Å². The first-order chi connectivity index (χ1) is 14.6. The third-order valence-corrected chi connectivity index (χ3v) is 8.14. The minimum Gasteiger partial charge on any atom is -0.486 e. The van der Waals surface area contributed by atoms with E-state index in [1.165, 1.54) is 23.4 Å². The molecule has 7 nitrogen and oxygen atoms in total. The summed E-state index contributed by atoms with van der Waals surface area (Å²) < 4.78 is 33.8. The number of nitrogens with zero attached hydrogens (tertiary/aromatic N) is 1. The molecule has 0 aliphatic carbocycles. The predicted molar refractivity (Wildman–Crippen MR) is 117 cm³/mol. The summed E-state index contributed by atoms with van der Waals surface area (Å²) in [6.07, 6.45) is 1.05. The highest BCUT2D eigenvalue weighted by Crippen LogP contribution is 2.41. The van der Waals surface area contributed by atoms with Crippen LogP contribution in [0.4, 0.5) is 5.69 Å². The zero-order chi connectivity index (χ0) is 22.4. The molecule has 31 heavy (non-hydrogen) atoms. The monoisotopic (exact) mass is 462 g/mol. The maximum Gasteiger partial charge on any atom is 0.243 e. The number of rotatable bonds is 3. The maximum atomic E-state index is 13.1. The first-order valence-corrected chi connectivity index (χ1v) is 11.8. The second-order valence-electron chi connectivity index (χ2n) is 8.09. The number of Topliss-reactive ketones (excluding diaryl/α,β-unsaturated/α-hetero) is 1. The molecule has 1 N–H and O–H groups in total. The molecule has 2 heterocycles. The average molecular weight is 463 g/mol. The van der Waals surface area contributed by atoms with Gasteiger partial charge in [-0.3, -0.25) is 9.59 Å². The van der Waals surface area contributed by atoms with Crippen molar-refractivity contribution in [1.29, 1.82) is 0 Å². The van der Waals surface area contributed by atoms with Crippen molar-refractivity contribution in [1.82, 2.24) is 4.31 Å². The lowest BCUT2D eigenvalue weighted by Crippen LogP contribution is -2.52. The van der Waals surface area contributed by atoms with E-state index < -0.39 is 15.6 Å². The molecule has 164 valence electrons. The molecule has 1 saturated heterocycles. The van der Waals surface area contributed by atoms with Gasteiger partial charge in [-0.25, -0.2) is 8.42 Å². The summed E-state index contributed by atoms with van der Waals surface area (Å²) in [7, 11) is -3.69. The number of anilines is 1. The molecule has 0 atom stereocenters. The number of fused-ring (bicyclic) bond motifs is 1. The van der Waals surface area contributed by atoms with Crippen molar-refractivity contribution in [2.24, 2.45) is 0 Å². The van der Waals surface area contributed by atoms with Gasteiger partial charge in [0.1, 0.15) is 11.4 Å². The van der Waals surface area contributed by atoms with E-state index in [-0.39, 0.29) is 36.1 Å². The van der Waals surface area contributed by atoms with Crippen molar-refractivity contribution in [3.63, 3.8) is 0 Å². The third-order valence-electron chi connectivity index (χ3n) is 5.82. The number of hydrogen-bond donors (Lipinski definition) is 1. The average Bonchev–Trinajstić information content (AvgIpc) is 2.70. The Labute approximate surface area is 186 Å². The van der Waals surface area contributed by atoms with Crippen molar-refractivity contribution in [2.45, 2.75) is 43.6 Å². The van der Waals surface area contributed by atoms with E-state index in [4.69, 9.17) is 16.3 Å². The van der Waals surface area contributed by atoms with Gasteiger partial charge in [0.05, 0.1) is 16.9 Å². The maximum absolute atomic E-state index is 13.1. The molecule has 4 rings (SSSR count). The molecular weight excluding hydrogens is 440 g/mol. The van der Waals surface area contributed by atoms with Gasteiger partial charge in [-0.05, 0) is 48.9 Å². The minimum absolute atomic E-state index is 0.0342. The predicted octanol–water partition coefficient (Wildman–Crippen LogP) is 3.80. The first kappa shape index (κ1) is 21.8. The molecule has 9 heteroatoms. The second kappa shape index (κ2) is 7.93. The molecule has 0 bridgehead atoms. The van der Waals surface area contributed by atoms with E-state index in [1.807, 2.05) is 6.92 Å². The number of benzene rings is 2. The van der Waals surface area contributed by atoms with Crippen molar-refractivity contribution >= 4 is 39.0 Å². The van der Waals surface area contributed by atoms with Crippen molar-refractivity contribution in [3.05, 3.63) is 52.5 Å². The second-order valence-corrected chi connectivity index (χ2v) is 10.4. The summed E-state index contributed by atoms with van der Waals surface area (Å²) in [5.41, 5.74) is 1.14. The molecule has 1 fully saturated rings. The fourth-order valence-electron chi connectivity index (χ4n) is 4.09. The Balaban J connectivity index is 1.49. The smallest absolute Gasteiger partial charge is 0.243 e. The highest BCUT2D eigenvalue weighted by molar-refractivity contribution is 7.89. The zero-order valence-corrected chi connectivity index (χ0v) is 18.8. The fraction of sp³-hybridized carbons (Fsp3) is 0.364. The Hall–Kier alpha value is -2.42. The number of piperidine rings is 1. The van der Waals surface area contributed by atoms with Crippen LogP contribution in [-0.4, -0.2) is 43.1 Å². The largest absolute Gasteiger partial charge is 0.486 e. The Morgan fingerprint density at radius 2 is 1.81 bits per heavy atom. The molecule has 0 unspecified atom stereocenters. The lowest BCUT2D eigenvalue weighted by molar-refractivity contribution is -0.114. The van der Waals surface area contributed by atoms with Crippen LogP contribution in [0.1, 0.15) is 42.1 Å². The number of ether oxygens (including phenoxy) is 1. The van der Waals surface area contributed by atoms with E-state index in [9.17, 15) is 18.0 Å². The van der Waals surface area contributed by atoms with Crippen LogP contribution in [0.2, 0.25) is 5.02 Å². The lowest BCUT2D eigenvalue weighted by atomic mass is 9.83. The molecule has 0 radical (unpaired) electrons. The Morgan fingerprint density at radius 1 is 1.16 bits per heavy atom. The number of carbonyl (C=O) groups excluding carboxylic acids is 2. The molecule has 0 aromatic heterocycles. The first-order valence-electron chi connectivity index (χ1n) is 10.00. The standard InChI is InChI=1S/C22H23ClN2O5S/c1-14-11-21-18(12-19(14)23)20(27)13-22(30-21)7-9-25(10-8-22)31(28,29)17-5-3-16(4-6-17)24-15(2)26/h3-6,11-12H,7-10,13H2,1-2H3,(H,24,26). The summed E-state index contributed by atoms with van der Waals surface area (Å²) in [6.45, 7) is 3.75. The van der Waals surface area contributed by atoms with Gasteiger partial charge in [0, 0.05) is 43.6 Å². The molecule has 2 aromatic rings. The number of ketones is 1. The van der Waals surface area contributed by atoms with Gasteiger partial charge in [-0.1, -0.05) is 11.6 Å². The van der Waals surface area contributed by atoms with Crippen molar-refractivity contribution in [2.75, 3.05) is 18.4 Å². The topological polar surface area (TPSA) is 92.8 Å². The van der Waals surface area contributed by atoms with E-state index in [2.05, 4.69) is 5.32 Å². The molecule has 2 aliphatic rings. The number of carbonyl (C=O) groups is 2. The summed E-state index contributed by atoms with van der Waals surface area (Å²) >= 11 is 6.15. The van der Waals surface area contributed by atoms with E-state index in [1.54, 1.807) is 24.3 Å². The van der Waals surface area contributed by atoms with Gasteiger partial charge in [0.25, 0.3) is 0 Å². The minimum atomic E-state index is -3.69. The molecule has 1 amide bonds. The van der Waals surface area contributed by atoms with Crippen LogP contribution in [-0.2, 0) is 14.8 Å². The SMILES string of the molecule is CC(=O)Nc1ccc(S(=O)(=O)N2CCC3(CC2)CC(=O)c2cc(Cl)c(C)cc2O3)cc1. The Bertz CT molecular complexity index is 1150.